The molecule has 2 rings (SSSR count). The van der Waals surface area contributed by atoms with Crippen LogP contribution in [0.4, 0.5) is 5.69 Å². The van der Waals surface area contributed by atoms with Gasteiger partial charge < -0.3 is 19.5 Å². The number of ether oxygens (including phenoxy) is 3. The summed E-state index contributed by atoms with van der Waals surface area (Å²) in [6.07, 6.45) is 0. The van der Waals surface area contributed by atoms with Crippen molar-refractivity contribution in [1.82, 2.24) is 4.72 Å². The highest BCUT2D eigenvalue weighted by Gasteiger charge is 2.18. The van der Waals surface area contributed by atoms with E-state index in [0.717, 1.165) is 0 Å². The van der Waals surface area contributed by atoms with Crippen molar-refractivity contribution in [3.63, 3.8) is 0 Å². The zero-order valence-corrected chi connectivity index (χ0v) is 17.0. The molecule has 0 saturated carbocycles. The van der Waals surface area contributed by atoms with E-state index in [0.29, 0.717) is 17.0 Å². The first-order valence-corrected chi connectivity index (χ1v) is 10.1. The van der Waals surface area contributed by atoms with E-state index < -0.39 is 28.4 Å². The van der Waals surface area contributed by atoms with Gasteiger partial charge in [-0.05, 0) is 43.3 Å². The van der Waals surface area contributed by atoms with Crippen molar-refractivity contribution in [2.24, 2.45) is 0 Å². The van der Waals surface area contributed by atoms with Crippen LogP contribution in [0.5, 0.6) is 11.5 Å². The smallest absolute Gasteiger partial charge is 0.338 e. The molecule has 0 radical (unpaired) electrons. The van der Waals surface area contributed by atoms with Gasteiger partial charge in [-0.15, -0.1) is 0 Å². The standard InChI is InChI=1S/C19H22N2O7S/c1-4-28-19(23)13-5-7-14(8-6-13)21-18(22)12-20-29(24,25)15-9-10-16(26-2)17(11-15)27-3/h5-11,20H,4,12H2,1-3H3,(H,21,22). The Balaban J connectivity index is 1.98. The lowest BCUT2D eigenvalue weighted by molar-refractivity contribution is -0.115. The topological polar surface area (TPSA) is 120 Å². The number of hydrogen-bond donors (Lipinski definition) is 2. The monoisotopic (exact) mass is 422 g/mol. The summed E-state index contributed by atoms with van der Waals surface area (Å²) in [6, 6.07) is 10.1. The van der Waals surface area contributed by atoms with Gasteiger partial charge in [-0.1, -0.05) is 0 Å². The van der Waals surface area contributed by atoms with Crippen LogP contribution in [0.3, 0.4) is 0 Å². The summed E-state index contributed by atoms with van der Waals surface area (Å²) in [5, 5.41) is 2.54. The molecule has 10 heteroatoms. The van der Waals surface area contributed by atoms with Crippen LogP contribution in [0, 0.1) is 0 Å². The van der Waals surface area contributed by atoms with E-state index in [1.165, 1.54) is 56.7 Å². The molecule has 156 valence electrons. The number of amides is 1. The Morgan fingerprint density at radius 3 is 2.21 bits per heavy atom. The lowest BCUT2D eigenvalue weighted by atomic mass is 10.2. The summed E-state index contributed by atoms with van der Waals surface area (Å²) >= 11 is 0. The van der Waals surface area contributed by atoms with Gasteiger partial charge in [-0.3, -0.25) is 4.79 Å². The fourth-order valence-electron chi connectivity index (χ4n) is 2.34. The quantitative estimate of drug-likeness (QED) is 0.591. The van der Waals surface area contributed by atoms with Gasteiger partial charge in [0.1, 0.15) is 0 Å². The zero-order valence-electron chi connectivity index (χ0n) is 16.2. The number of anilines is 1. The predicted molar refractivity (Wildman–Crippen MR) is 106 cm³/mol. The van der Waals surface area contributed by atoms with Crippen molar-refractivity contribution < 1.29 is 32.2 Å². The number of hydrogen-bond acceptors (Lipinski definition) is 7. The third-order valence-electron chi connectivity index (χ3n) is 3.77. The van der Waals surface area contributed by atoms with Crippen LogP contribution in [-0.4, -0.2) is 47.7 Å². The minimum Gasteiger partial charge on any atom is -0.493 e. The van der Waals surface area contributed by atoms with E-state index in [-0.39, 0.29) is 17.3 Å². The highest BCUT2D eigenvalue weighted by molar-refractivity contribution is 7.89. The molecule has 0 aliphatic rings. The van der Waals surface area contributed by atoms with E-state index in [4.69, 9.17) is 14.2 Å². The Labute approximate surface area is 169 Å². The highest BCUT2D eigenvalue weighted by atomic mass is 32.2. The Morgan fingerprint density at radius 2 is 1.62 bits per heavy atom. The van der Waals surface area contributed by atoms with Crippen molar-refractivity contribution in [3.8, 4) is 11.5 Å². The Kier molecular flexibility index (Phi) is 7.57. The third kappa shape index (κ3) is 5.93. The van der Waals surface area contributed by atoms with Crippen LogP contribution in [0.1, 0.15) is 17.3 Å². The molecule has 0 aliphatic carbocycles. The predicted octanol–water partition coefficient (Wildman–Crippen LogP) is 1.80. The molecule has 0 unspecified atom stereocenters. The van der Waals surface area contributed by atoms with E-state index >= 15 is 0 Å². The second-order valence-corrected chi connectivity index (χ2v) is 7.45. The average Bonchev–Trinajstić information content (AvgIpc) is 2.72. The van der Waals surface area contributed by atoms with Crippen LogP contribution in [0.25, 0.3) is 0 Å². The molecule has 2 N–H and O–H groups in total. The summed E-state index contributed by atoms with van der Waals surface area (Å²) in [4.78, 5) is 23.6. The number of nitrogens with one attached hydrogen (secondary N) is 2. The van der Waals surface area contributed by atoms with Crippen molar-refractivity contribution in [1.29, 1.82) is 0 Å². The maximum absolute atomic E-state index is 12.4. The summed E-state index contributed by atoms with van der Waals surface area (Å²) in [6.45, 7) is 1.49. The number of benzene rings is 2. The molecule has 0 aromatic heterocycles. The summed E-state index contributed by atoms with van der Waals surface area (Å²) < 4.78 is 42.1. The SMILES string of the molecule is CCOC(=O)c1ccc(NC(=O)CNS(=O)(=O)c2ccc(OC)c(OC)c2)cc1. The lowest BCUT2D eigenvalue weighted by Crippen LogP contribution is -2.32. The molecule has 1 amide bonds. The number of rotatable bonds is 9. The van der Waals surface area contributed by atoms with Crippen LogP contribution in [0.2, 0.25) is 0 Å². The molecule has 0 aliphatic heterocycles. The number of carbonyl (C=O) groups excluding carboxylic acids is 2. The summed E-state index contributed by atoms with van der Waals surface area (Å²) in [7, 11) is -1.11. The van der Waals surface area contributed by atoms with Crippen LogP contribution >= 0.6 is 0 Å². The van der Waals surface area contributed by atoms with E-state index in [1.54, 1.807) is 6.92 Å². The number of sulfonamides is 1. The van der Waals surface area contributed by atoms with Crippen molar-refractivity contribution in [3.05, 3.63) is 48.0 Å². The van der Waals surface area contributed by atoms with Crippen molar-refractivity contribution in [2.45, 2.75) is 11.8 Å². The van der Waals surface area contributed by atoms with Crippen LogP contribution in [0.15, 0.2) is 47.4 Å². The summed E-state index contributed by atoms with van der Waals surface area (Å²) in [5.74, 6) is -0.400. The normalized spacial score (nSPS) is 10.9. The van der Waals surface area contributed by atoms with E-state index in [1.807, 2.05) is 0 Å². The number of methoxy groups -OCH3 is 2. The van der Waals surface area contributed by atoms with Gasteiger partial charge >= 0.3 is 5.97 Å². The van der Waals surface area contributed by atoms with Crippen LogP contribution in [-0.2, 0) is 19.6 Å². The molecular formula is C19H22N2O7S. The molecule has 0 atom stereocenters. The van der Waals surface area contributed by atoms with E-state index in [2.05, 4.69) is 10.0 Å². The van der Waals surface area contributed by atoms with Gasteiger partial charge in [-0.25, -0.2) is 17.9 Å². The fourth-order valence-corrected chi connectivity index (χ4v) is 3.33. The molecule has 9 nitrogen and oxygen atoms in total. The van der Waals surface area contributed by atoms with Gasteiger partial charge in [-0.2, -0.15) is 0 Å². The lowest BCUT2D eigenvalue weighted by Gasteiger charge is -2.11. The first-order chi connectivity index (χ1) is 13.8. The molecule has 0 fully saturated rings. The molecular weight excluding hydrogens is 400 g/mol. The Hall–Kier alpha value is -3.11. The molecule has 2 aromatic carbocycles. The zero-order chi connectivity index (χ0) is 21.4. The van der Waals surface area contributed by atoms with Crippen molar-refractivity contribution >= 4 is 27.6 Å². The minimum atomic E-state index is -3.94. The van der Waals surface area contributed by atoms with Crippen LogP contribution < -0.4 is 19.5 Å². The fraction of sp³-hybridized carbons (Fsp3) is 0.263. The molecule has 0 heterocycles. The minimum absolute atomic E-state index is 0.0678. The Bertz CT molecular complexity index is 973. The Morgan fingerprint density at radius 1 is 0.966 bits per heavy atom. The molecule has 29 heavy (non-hydrogen) atoms. The van der Waals surface area contributed by atoms with E-state index in [9.17, 15) is 18.0 Å². The highest BCUT2D eigenvalue weighted by Crippen LogP contribution is 2.29. The molecule has 2 aromatic rings. The molecule has 0 saturated heterocycles. The number of carbonyl (C=O) groups is 2. The second kappa shape index (κ2) is 9.89. The first kappa shape index (κ1) is 22.2. The van der Waals surface area contributed by atoms with Gasteiger partial charge in [0.2, 0.25) is 15.9 Å². The largest absolute Gasteiger partial charge is 0.493 e. The van der Waals surface area contributed by atoms with Gasteiger partial charge in [0.05, 0.1) is 37.8 Å². The maximum Gasteiger partial charge on any atom is 0.338 e. The second-order valence-electron chi connectivity index (χ2n) is 5.69. The van der Waals surface area contributed by atoms with Crippen molar-refractivity contribution in [2.75, 3.05) is 32.7 Å². The van der Waals surface area contributed by atoms with Gasteiger partial charge in [0, 0.05) is 11.8 Å². The molecule has 0 bridgehead atoms. The molecule has 0 spiro atoms. The summed E-state index contributed by atoms with van der Waals surface area (Å²) in [5.41, 5.74) is 0.757. The van der Waals surface area contributed by atoms with Gasteiger partial charge in [0.15, 0.2) is 11.5 Å². The third-order valence-corrected chi connectivity index (χ3v) is 5.17. The maximum atomic E-state index is 12.4. The average molecular weight is 422 g/mol. The van der Waals surface area contributed by atoms with Gasteiger partial charge in [0.25, 0.3) is 0 Å². The number of esters is 1. The first-order valence-electron chi connectivity index (χ1n) is 8.59.